The highest BCUT2D eigenvalue weighted by Gasteiger charge is 2.17. The van der Waals surface area contributed by atoms with Gasteiger partial charge in [-0.2, -0.15) is 0 Å². The van der Waals surface area contributed by atoms with Crippen LogP contribution in [-0.2, 0) is 0 Å². The van der Waals surface area contributed by atoms with Crippen LogP contribution in [0.25, 0.3) is 0 Å². The number of nitrogens with two attached hydrogens (primary N) is 1. The number of rotatable bonds is 1. The summed E-state index contributed by atoms with van der Waals surface area (Å²) in [6, 6.07) is 1.53. The number of aromatic carboxylic acids is 1. The Labute approximate surface area is 85.1 Å². The molecule has 0 fully saturated rings. The summed E-state index contributed by atoms with van der Waals surface area (Å²) in [5.74, 6) is -1.17. The van der Waals surface area contributed by atoms with Crippen LogP contribution in [0.3, 0.4) is 0 Å². The van der Waals surface area contributed by atoms with E-state index in [0.717, 1.165) is 0 Å². The third-order valence-corrected chi connectivity index (χ3v) is 2.47. The van der Waals surface area contributed by atoms with E-state index in [1.54, 1.807) is 6.92 Å². The summed E-state index contributed by atoms with van der Waals surface area (Å²) in [6.45, 7) is 1.67. The number of benzene rings is 1. The lowest BCUT2D eigenvalue weighted by Gasteiger charge is -2.07. The molecule has 0 saturated carbocycles. The fraction of sp³-hybridized carbons (Fsp3) is 0.125. The third-order valence-electron chi connectivity index (χ3n) is 1.68. The van der Waals surface area contributed by atoms with Gasteiger partial charge in [0.15, 0.2) is 0 Å². The Morgan fingerprint density at radius 2 is 2.08 bits per heavy atom. The van der Waals surface area contributed by atoms with Crippen LogP contribution < -0.4 is 5.73 Å². The Hall–Kier alpha value is -0.930. The standard InChI is InChI=1S/C8H7Cl2NO2/c1-3-2-4(9)6(10)5(7(3)11)8(12)13/h2H,11H2,1H3,(H,12,13). The lowest BCUT2D eigenvalue weighted by atomic mass is 10.1. The van der Waals surface area contributed by atoms with Crippen molar-refractivity contribution in [3.05, 3.63) is 27.2 Å². The molecule has 3 nitrogen and oxygen atoms in total. The molecule has 0 aliphatic rings. The quantitative estimate of drug-likeness (QED) is 0.715. The molecular weight excluding hydrogens is 213 g/mol. The zero-order chi connectivity index (χ0) is 10.2. The van der Waals surface area contributed by atoms with Gasteiger partial charge in [-0.15, -0.1) is 0 Å². The summed E-state index contributed by atoms with van der Waals surface area (Å²) in [5.41, 5.74) is 6.15. The topological polar surface area (TPSA) is 63.3 Å². The maximum Gasteiger partial charge on any atom is 0.339 e. The van der Waals surface area contributed by atoms with Crippen molar-refractivity contribution in [2.45, 2.75) is 6.92 Å². The number of carboxylic acids is 1. The van der Waals surface area contributed by atoms with Gasteiger partial charge in [-0.3, -0.25) is 0 Å². The predicted molar refractivity (Wildman–Crippen MR) is 52.6 cm³/mol. The van der Waals surface area contributed by atoms with E-state index in [2.05, 4.69) is 0 Å². The van der Waals surface area contributed by atoms with Crippen LogP contribution in [0.15, 0.2) is 6.07 Å². The average molecular weight is 220 g/mol. The fourth-order valence-electron chi connectivity index (χ4n) is 0.975. The van der Waals surface area contributed by atoms with Crippen LogP contribution in [0.4, 0.5) is 5.69 Å². The molecule has 0 aliphatic carbocycles. The largest absolute Gasteiger partial charge is 0.478 e. The van der Waals surface area contributed by atoms with Crippen LogP contribution >= 0.6 is 23.2 Å². The van der Waals surface area contributed by atoms with Gasteiger partial charge in [-0.1, -0.05) is 23.2 Å². The molecule has 1 aromatic rings. The molecule has 0 spiro atoms. The maximum absolute atomic E-state index is 10.7. The molecule has 3 N–H and O–H groups in total. The normalized spacial score (nSPS) is 10.1. The van der Waals surface area contributed by atoms with Crippen molar-refractivity contribution in [1.82, 2.24) is 0 Å². The minimum Gasteiger partial charge on any atom is -0.478 e. The van der Waals surface area contributed by atoms with Gasteiger partial charge in [0.2, 0.25) is 0 Å². The predicted octanol–water partition coefficient (Wildman–Crippen LogP) is 2.58. The van der Waals surface area contributed by atoms with Gasteiger partial charge in [0.1, 0.15) is 5.56 Å². The van der Waals surface area contributed by atoms with Crippen molar-refractivity contribution in [3.63, 3.8) is 0 Å². The number of hydrogen-bond donors (Lipinski definition) is 2. The SMILES string of the molecule is Cc1cc(Cl)c(Cl)c(C(=O)O)c1N. The first-order valence-electron chi connectivity index (χ1n) is 3.42. The third kappa shape index (κ3) is 1.71. The zero-order valence-corrected chi connectivity index (χ0v) is 8.28. The van der Waals surface area contributed by atoms with Crippen molar-refractivity contribution in [2.24, 2.45) is 0 Å². The number of nitrogen functional groups attached to an aromatic ring is 1. The van der Waals surface area contributed by atoms with E-state index in [-0.39, 0.29) is 21.3 Å². The lowest BCUT2D eigenvalue weighted by Crippen LogP contribution is -2.05. The van der Waals surface area contributed by atoms with Crippen LogP contribution in [0.2, 0.25) is 10.0 Å². The molecule has 1 aromatic carbocycles. The summed E-state index contributed by atoms with van der Waals surface area (Å²) < 4.78 is 0. The molecule has 0 atom stereocenters. The van der Waals surface area contributed by atoms with Crippen LogP contribution in [0, 0.1) is 6.92 Å². The number of carboxylic acid groups (broad SMARTS) is 1. The van der Waals surface area contributed by atoms with Crippen LogP contribution in [0.5, 0.6) is 0 Å². The molecule has 0 radical (unpaired) electrons. The highest BCUT2D eigenvalue weighted by atomic mass is 35.5. The molecule has 0 saturated heterocycles. The first-order valence-corrected chi connectivity index (χ1v) is 4.18. The number of anilines is 1. The molecule has 5 heteroatoms. The summed E-state index contributed by atoms with van der Waals surface area (Å²) in [4.78, 5) is 10.7. The van der Waals surface area contributed by atoms with Crippen LogP contribution in [0.1, 0.15) is 15.9 Å². The van der Waals surface area contributed by atoms with Crippen LogP contribution in [-0.4, -0.2) is 11.1 Å². The first-order chi connectivity index (χ1) is 5.95. The van der Waals surface area contributed by atoms with Gasteiger partial charge in [-0.25, -0.2) is 4.79 Å². The van der Waals surface area contributed by atoms with E-state index in [9.17, 15) is 4.79 Å². The van der Waals surface area contributed by atoms with Crippen molar-refractivity contribution in [2.75, 3.05) is 5.73 Å². The highest BCUT2D eigenvalue weighted by Crippen LogP contribution is 2.32. The first kappa shape index (κ1) is 10.2. The Morgan fingerprint density at radius 1 is 1.54 bits per heavy atom. The maximum atomic E-state index is 10.7. The van der Waals surface area contributed by atoms with E-state index in [1.165, 1.54) is 6.07 Å². The molecule has 0 heterocycles. The molecule has 0 amide bonds. The minimum absolute atomic E-state index is 0.0164. The Bertz CT molecular complexity index is 351. The Kier molecular flexibility index (Phi) is 2.68. The molecule has 0 unspecified atom stereocenters. The second kappa shape index (κ2) is 3.44. The van der Waals surface area contributed by atoms with E-state index in [1.807, 2.05) is 0 Å². The van der Waals surface area contributed by atoms with Crippen molar-refractivity contribution >= 4 is 34.9 Å². The lowest BCUT2D eigenvalue weighted by molar-refractivity contribution is 0.0698. The number of hydrogen-bond acceptors (Lipinski definition) is 2. The molecule has 0 aromatic heterocycles. The molecule has 70 valence electrons. The smallest absolute Gasteiger partial charge is 0.339 e. The number of halogens is 2. The minimum atomic E-state index is -1.17. The average Bonchev–Trinajstić information content (AvgIpc) is 2.01. The monoisotopic (exact) mass is 219 g/mol. The van der Waals surface area contributed by atoms with E-state index >= 15 is 0 Å². The molecule has 13 heavy (non-hydrogen) atoms. The van der Waals surface area contributed by atoms with Gasteiger partial charge < -0.3 is 10.8 Å². The van der Waals surface area contributed by atoms with E-state index < -0.39 is 5.97 Å². The van der Waals surface area contributed by atoms with Crippen molar-refractivity contribution in [3.8, 4) is 0 Å². The van der Waals surface area contributed by atoms with Gasteiger partial charge in [0.05, 0.1) is 15.7 Å². The molecule has 0 bridgehead atoms. The van der Waals surface area contributed by atoms with Gasteiger partial charge >= 0.3 is 5.97 Å². The summed E-state index contributed by atoms with van der Waals surface area (Å²) in [5, 5.41) is 8.96. The summed E-state index contributed by atoms with van der Waals surface area (Å²) in [6.07, 6.45) is 0. The second-order valence-corrected chi connectivity index (χ2v) is 3.37. The zero-order valence-electron chi connectivity index (χ0n) is 6.77. The van der Waals surface area contributed by atoms with E-state index in [0.29, 0.717) is 5.56 Å². The summed E-state index contributed by atoms with van der Waals surface area (Å²) >= 11 is 11.4. The number of carbonyl (C=O) groups is 1. The van der Waals surface area contributed by atoms with Gasteiger partial charge in [0, 0.05) is 0 Å². The molecular formula is C8H7Cl2NO2. The Morgan fingerprint density at radius 3 is 2.54 bits per heavy atom. The van der Waals surface area contributed by atoms with Crippen molar-refractivity contribution < 1.29 is 9.90 Å². The molecule has 1 rings (SSSR count). The summed E-state index contributed by atoms with van der Waals surface area (Å²) in [7, 11) is 0. The Balaban J connectivity index is 3.56. The fourth-order valence-corrected chi connectivity index (χ4v) is 1.47. The number of aryl methyl sites for hydroxylation is 1. The van der Waals surface area contributed by atoms with E-state index in [4.69, 9.17) is 34.0 Å². The van der Waals surface area contributed by atoms with Crippen molar-refractivity contribution in [1.29, 1.82) is 0 Å². The van der Waals surface area contributed by atoms with Gasteiger partial charge in [-0.05, 0) is 18.6 Å². The van der Waals surface area contributed by atoms with Gasteiger partial charge in [0.25, 0.3) is 0 Å². The molecule has 0 aliphatic heterocycles. The second-order valence-electron chi connectivity index (χ2n) is 2.58. The highest BCUT2D eigenvalue weighted by molar-refractivity contribution is 6.44.